The van der Waals surface area contributed by atoms with Gasteiger partial charge in [0.25, 0.3) is 0 Å². The molecule has 1 aliphatic heterocycles. The van der Waals surface area contributed by atoms with Crippen LogP contribution in [0.25, 0.3) is 11.0 Å². The number of imidazole rings is 1. The highest BCUT2D eigenvalue weighted by Gasteiger charge is 2.25. The number of piperazine rings is 1. The molecule has 7 heteroatoms. The van der Waals surface area contributed by atoms with E-state index in [1.807, 2.05) is 12.4 Å². The lowest BCUT2D eigenvalue weighted by Gasteiger charge is -2.41. The number of anilines is 1. The van der Waals surface area contributed by atoms with Crippen molar-refractivity contribution in [2.75, 3.05) is 37.7 Å². The Balaban J connectivity index is 1.76. The lowest BCUT2D eigenvalue weighted by atomic mass is 10.1. The molecule has 3 rings (SSSR count). The summed E-state index contributed by atoms with van der Waals surface area (Å²) in [6, 6.07) is 5.79. The minimum Gasteiger partial charge on any atom is -0.365 e. The summed E-state index contributed by atoms with van der Waals surface area (Å²) in [7, 11) is -1.07. The van der Waals surface area contributed by atoms with Crippen LogP contribution in [0.15, 0.2) is 18.5 Å². The average molecular weight is 409 g/mol. The number of aromatic nitrogens is 2. The molecule has 5 nitrogen and oxygen atoms in total. The van der Waals surface area contributed by atoms with Crippen LogP contribution in [0.4, 0.5) is 5.69 Å². The van der Waals surface area contributed by atoms with E-state index < -0.39 is 8.07 Å². The van der Waals surface area contributed by atoms with Gasteiger partial charge in [0.05, 0.1) is 28.1 Å². The Kier molecular flexibility index (Phi) is 6.51. The molecule has 0 amide bonds. The molecule has 0 spiro atoms. The number of hydrogen-bond acceptors (Lipinski definition) is 4. The summed E-state index contributed by atoms with van der Waals surface area (Å²) in [6.45, 7) is 17.2. The van der Waals surface area contributed by atoms with Gasteiger partial charge in [-0.3, -0.25) is 4.90 Å². The average Bonchev–Trinajstić information content (AvgIpc) is 2.99. The molecular formula is C20H33ClN4OSi. The zero-order valence-corrected chi connectivity index (χ0v) is 19.1. The molecule has 1 aromatic heterocycles. The quantitative estimate of drug-likeness (QED) is 0.497. The van der Waals surface area contributed by atoms with Crippen molar-refractivity contribution in [3.63, 3.8) is 0 Å². The third-order valence-corrected chi connectivity index (χ3v) is 7.39. The van der Waals surface area contributed by atoms with Gasteiger partial charge in [0.15, 0.2) is 0 Å². The molecule has 2 aromatic rings. The van der Waals surface area contributed by atoms with Gasteiger partial charge in [-0.25, -0.2) is 4.98 Å². The van der Waals surface area contributed by atoms with Gasteiger partial charge >= 0.3 is 0 Å². The van der Waals surface area contributed by atoms with Gasteiger partial charge in [-0.1, -0.05) is 38.2 Å². The van der Waals surface area contributed by atoms with Crippen LogP contribution in [-0.4, -0.2) is 61.4 Å². The third-order valence-electron chi connectivity index (χ3n) is 5.38. The third kappa shape index (κ3) is 5.05. The summed E-state index contributed by atoms with van der Waals surface area (Å²) < 4.78 is 8.02. The first-order chi connectivity index (χ1) is 12.8. The molecule has 0 saturated carbocycles. The summed E-state index contributed by atoms with van der Waals surface area (Å²) in [5.41, 5.74) is 3.13. The molecule has 1 unspecified atom stereocenters. The highest BCUT2D eigenvalue weighted by atomic mass is 35.5. The van der Waals surface area contributed by atoms with Gasteiger partial charge in [0.1, 0.15) is 6.73 Å². The van der Waals surface area contributed by atoms with E-state index in [2.05, 4.69) is 58.9 Å². The Morgan fingerprint density at radius 3 is 2.70 bits per heavy atom. The van der Waals surface area contributed by atoms with Crippen LogP contribution in [0.2, 0.25) is 30.7 Å². The van der Waals surface area contributed by atoms with Gasteiger partial charge < -0.3 is 14.2 Å². The summed E-state index contributed by atoms with van der Waals surface area (Å²) >= 11 is 6.63. The normalized spacial score (nSPS) is 19.2. The molecule has 1 atom stereocenters. The summed E-state index contributed by atoms with van der Waals surface area (Å²) in [6.07, 6.45) is 1.86. The van der Waals surface area contributed by atoms with Gasteiger partial charge in [0, 0.05) is 40.4 Å². The Morgan fingerprint density at radius 1 is 1.26 bits per heavy atom. The van der Waals surface area contributed by atoms with E-state index in [-0.39, 0.29) is 0 Å². The fourth-order valence-electron chi connectivity index (χ4n) is 3.61. The lowest BCUT2D eigenvalue weighted by Crippen LogP contribution is -2.51. The molecule has 0 N–H and O–H groups in total. The molecule has 27 heavy (non-hydrogen) atoms. The van der Waals surface area contributed by atoms with Crippen LogP contribution in [-0.2, 0) is 11.5 Å². The molecule has 0 aliphatic carbocycles. The Hall–Kier alpha value is -1.08. The molecule has 0 radical (unpaired) electrons. The SMILES string of the molecule is CCN1CCN(c2cc3c(cc2Cl)ncn3COCC[Si](C)(C)C)C(C)C1. The number of rotatable bonds is 7. The first-order valence-electron chi connectivity index (χ1n) is 9.99. The summed E-state index contributed by atoms with van der Waals surface area (Å²) in [5, 5.41) is 0.782. The molecule has 1 aromatic carbocycles. The maximum Gasteiger partial charge on any atom is 0.124 e. The predicted octanol–water partition coefficient (Wildman–Crippen LogP) is 4.53. The number of likely N-dealkylation sites (N-methyl/N-ethyl adjacent to an activating group) is 1. The molecule has 1 saturated heterocycles. The summed E-state index contributed by atoms with van der Waals surface area (Å²) in [5.74, 6) is 0. The maximum absolute atomic E-state index is 6.63. The van der Waals surface area contributed by atoms with Crippen molar-refractivity contribution in [3.8, 4) is 0 Å². The van der Waals surface area contributed by atoms with Crippen molar-refractivity contribution >= 4 is 36.4 Å². The van der Waals surface area contributed by atoms with E-state index in [1.54, 1.807) is 0 Å². The van der Waals surface area contributed by atoms with E-state index >= 15 is 0 Å². The highest BCUT2D eigenvalue weighted by molar-refractivity contribution is 6.76. The van der Waals surface area contributed by atoms with E-state index in [4.69, 9.17) is 16.3 Å². The smallest absolute Gasteiger partial charge is 0.124 e. The topological polar surface area (TPSA) is 33.5 Å². The van der Waals surface area contributed by atoms with Crippen molar-refractivity contribution in [1.29, 1.82) is 0 Å². The standard InChI is InChI=1S/C20H33ClN4OSi/c1-6-23-7-8-25(16(2)13-23)19-12-20-18(11-17(19)21)22-14-24(20)15-26-9-10-27(3,4)5/h11-12,14,16H,6-10,13,15H2,1-5H3. The highest BCUT2D eigenvalue weighted by Crippen LogP contribution is 2.33. The predicted molar refractivity (Wildman–Crippen MR) is 118 cm³/mol. The van der Waals surface area contributed by atoms with E-state index in [0.29, 0.717) is 12.8 Å². The Labute approximate surface area is 169 Å². The number of benzene rings is 1. The van der Waals surface area contributed by atoms with Crippen LogP contribution in [0, 0.1) is 0 Å². The zero-order chi connectivity index (χ0) is 19.6. The monoisotopic (exact) mass is 408 g/mol. The fraction of sp³-hybridized carbons (Fsp3) is 0.650. The molecule has 0 bridgehead atoms. The van der Waals surface area contributed by atoms with E-state index in [0.717, 1.165) is 54.5 Å². The molecule has 1 fully saturated rings. The van der Waals surface area contributed by atoms with Crippen LogP contribution in [0.5, 0.6) is 0 Å². The molecule has 2 heterocycles. The molecule has 1 aliphatic rings. The lowest BCUT2D eigenvalue weighted by molar-refractivity contribution is 0.0898. The van der Waals surface area contributed by atoms with E-state index in [9.17, 15) is 0 Å². The van der Waals surface area contributed by atoms with Crippen LogP contribution in [0.3, 0.4) is 0 Å². The maximum atomic E-state index is 6.63. The van der Waals surface area contributed by atoms with Crippen molar-refractivity contribution in [2.24, 2.45) is 0 Å². The second-order valence-corrected chi connectivity index (χ2v) is 14.8. The number of ether oxygens (including phenoxy) is 1. The summed E-state index contributed by atoms with van der Waals surface area (Å²) in [4.78, 5) is 9.44. The molecule has 150 valence electrons. The second kappa shape index (κ2) is 8.51. The minimum absolute atomic E-state index is 0.443. The number of halogens is 1. The van der Waals surface area contributed by atoms with Crippen molar-refractivity contribution in [1.82, 2.24) is 14.5 Å². The van der Waals surface area contributed by atoms with Gasteiger partial charge in [-0.15, -0.1) is 0 Å². The van der Waals surface area contributed by atoms with Gasteiger partial charge in [-0.05, 0) is 31.6 Å². The van der Waals surface area contributed by atoms with Gasteiger partial charge in [-0.2, -0.15) is 0 Å². The first kappa shape index (κ1) is 20.6. The zero-order valence-electron chi connectivity index (χ0n) is 17.3. The van der Waals surface area contributed by atoms with Crippen LogP contribution >= 0.6 is 11.6 Å². The van der Waals surface area contributed by atoms with Gasteiger partial charge in [0.2, 0.25) is 0 Å². The second-order valence-electron chi connectivity index (χ2n) is 8.79. The Bertz CT molecular complexity index is 773. The van der Waals surface area contributed by atoms with Crippen molar-refractivity contribution < 1.29 is 4.74 Å². The Morgan fingerprint density at radius 2 is 2.04 bits per heavy atom. The number of fused-ring (bicyclic) bond motifs is 1. The van der Waals surface area contributed by atoms with Crippen molar-refractivity contribution in [3.05, 3.63) is 23.5 Å². The first-order valence-corrected chi connectivity index (χ1v) is 14.1. The fourth-order valence-corrected chi connectivity index (χ4v) is 4.63. The number of hydrogen-bond donors (Lipinski definition) is 0. The molecular weight excluding hydrogens is 376 g/mol. The number of nitrogens with zero attached hydrogens (tertiary/aromatic N) is 4. The van der Waals surface area contributed by atoms with E-state index in [1.165, 1.54) is 6.04 Å². The van der Waals surface area contributed by atoms with Crippen LogP contribution < -0.4 is 4.90 Å². The largest absolute Gasteiger partial charge is 0.365 e. The van der Waals surface area contributed by atoms with Crippen molar-refractivity contribution in [2.45, 2.75) is 52.3 Å². The minimum atomic E-state index is -1.07. The van der Waals surface area contributed by atoms with Crippen LogP contribution in [0.1, 0.15) is 13.8 Å².